The standard InChI is InChI=1S/C42H45N3O8/c1-6-25(2)37-39(48)45(23-36(46)47)22-28-21-29(43-40(49)51-24-35-33-13-9-7-11-31(33)32-12-8-10-14-34(32)35)20-27(38(28)44-37)19-26-15-17-30(18-16-26)52-41(50)53-42(3,4)5/h7-18,20-21,25,35,37,44H,6,19,22-24H2,1-5H3,(H,43,49)(H,46,47)/t25-,37-/m0/s1. The van der Waals surface area contributed by atoms with Gasteiger partial charge >= 0.3 is 18.2 Å². The molecule has 276 valence electrons. The van der Waals surface area contributed by atoms with E-state index < -0.39 is 36.4 Å². The molecule has 4 aromatic carbocycles. The highest BCUT2D eigenvalue weighted by Crippen LogP contribution is 2.44. The number of hydrogen-bond acceptors (Lipinski definition) is 8. The first-order valence-electron chi connectivity index (χ1n) is 17.8. The topological polar surface area (TPSA) is 144 Å². The van der Waals surface area contributed by atoms with Gasteiger partial charge in [-0.2, -0.15) is 0 Å². The van der Waals surface area contributed by atoms with Crippen LogP contribution in [0.25, 0.3) is 11.1 Å². The fourth-order valence-electron chi connectivity index (χ4n) is 6.92. The number of carboxylic acid groups (broad SMARTS) is 1. The number of carbonyl (C=O) groups is 4. The van der Waals surface area contributed by atoms with Gasteiger partial charge in [-0.05, 0) is 96.3 Å². The zero-order valence-electron chi connectivity index (χ0n) is 30.6. The van der Waals surface area contributed by atoms with Gasteiger partial charge in [0.1, 0.15) is 30.5 Å². The fraction of sp³-hybridized carbons (Fsp3) is 0.333. The lowest BCUT2D eigenvalue weighted by atomic mass is 9.95. The van der Waals surface area contributed by atoms with Crippen LogP contribution in [0.15, 0.2) is 84.9 Å². The lowest BCUT2D eigenvalue weighted by Gasteiger charge is -2.27. The van der Waals surface area contributed by atoms with Crippen LogP contribution in [0.1, 0.15) is 74.8 Å². The average molecular weight is 720 g/mol. The number of benzene rings is 4. The summed E-state index contributed by atoms with van der Waals surface area (Å²) in [5.41, 5.74) is 7.18. The number of anilines is 2. The monoisotopic (exact) mass is 719 g/mol. The largest absolute Gasteiger partial charge is 0.514 e. The van der Waals surface area contributed by atoms with Gasteiger partial charge in [-0.1, -0.05) is 80.9 Å². The van der Waals surface area contributed by atoms with Crippen molar-refractivity contribution in [3.8, 4) is 16.9 Å². The van der Waals surface area contributed by atoms with Gasteiger partial charge in [-0.25, -0.2) is 9.59 Å². The van der Waals surface area contributed by atoms with E-state index in [0.29, 0.717) is 35.5 Å². The van der Waals surface area contributed by atoms with Crippen molar-refractivity contribution < 1.29 is 38.5 Å². The summed E-state index contributed by atoms with van der Waals surface area (Å²) < 4.78 is 16.4. The SMILES string of the molecule is CC[C@H](C)[C@@H]1Nc2c(Cc3ccc(OC(=O)OC(C)(C)C)cc3)cc(NC(=O)OCC3c4ccccc4-c4ccccc43)cc2CN(CC(=O)O)C1=O. The van der Waals surface area contributed by atoms with E-state index in [-0.39, 0.29) is 30.9 Å². The third kappa shape index (κ3) is 8.63. The summed E-state index contributed by atoms with van der Waals surface area (Å²) in [7, 11) is 0. The molecule has 11 heteroatoms. The zero-order chi connectivity index (χ0) is 37.9. The molecule has 2 amide bonds. The van der Waals surface area contributed by atoms with E-state index in [4.69, 9.17) is 14.2 Å². The maximum Gasteiger partial charge on any atom is 0.514 e. The van der Waals surface area contributed by atoms with E-state index >= 15 is 0 Å². The predicted molar refractivity (Wildman–Crippen MR) is 201 cm³/mol. The minimum Gasteiger partial charge on any atom is -0.480 e. The molecule has 11 nitrogen and oxygen atoms in total. The molecule has 0 fully saturated rings. The van der Waals surface area contributed by atoms with Crippen LogP contribution in [0.4, 0.5) is 21.0 Å². The molecule has 53 heavy (non-hydrogen) atoms. The normalized spacial score (nSPS) is 15.6. The second kappa shape index (κ2) is 15.4. The molecule has 6 rings (SSSR count). The number of carboxylic acids is 1. The van der Waals surface area contributed by atoms with Crippen molar-refractivity contribution >= 4 is 35.5 Å². The smallest absolute Gasteiger partial charge is 0.480 e. The molecule has 1 aliphatic carbocycles. The Hall–Kier alpha value is -5.84. The number of fused-ring (bicyclic) bond motifs is 4. The Morgan fingerprint density at radius 3 is 2.21 bits per heavy atom. The van der Waals surface area contributed by atoms with Crippen molar-refractivity contribution in [2.45, 2.75) is 71.6 Å². The van der Waals surface area contributed by atoms with Crippen LogP contribution in [0, 0.1) is 5.92 Å². The Morgan fingerprint density at radius 2 is 1.60 bits per heavy atom. The third-order valence-corrected chi connectivity index (χ3v) is 9.58. The van der Waals surface area contributed by atoms with Crippen LogP contribution >= 0.6 is 0 Å². The van der Waals surface area contributed by atoms with Crippen molar-refractivity contribution in [3.05, 3.63) is 113 Å². The highest BCUT2D eigenvalue weighted by Gasteiger charge is 2.35. The third-order valence-electron chi connectivity index (χ3n) is 9.58. The Morgan fingerprint density at radius 1 is 0.962 bits per heavy atom. The average Bonchev–Trinajstić information content (AvgIpc) is 3.35. The van der Waals surface area contributed by atoms with E-state index in [0.717, 1.165) is 33.4 Å². The molecule has 3 N–H and O–H groups in total. The van der Waals surface area contributed by atoms with Crippen LogP contribution in [-0.4, -0.2) is 58.9 Å². The second-order valence-corrected chi connectivity index (χ2v) is 14.6. The van der Waals surface area contributed by atoms with Gasteiger partial charge in [0.05, 0.1) is 0 Å². The summed E-state index contributed by atoms with van der Waals surface area (Å²) >= 11 is 0. The minimum absolute atomic E-state index is 0.0241. The van der Waals surface area contributed by atoms with E-state index in [2.05, 4.69) is 34.9 Å². The van der Waals surface area contributed by atoms with Gasteiger partial charge < -0.3 is 29.5 Å². The quantitative estimate of drug-likeness (QED) is 0.109. The van der Waals surface area contributed by atoms with Crippen molar-refractivity contribution in [1.29, 1.82) is 0 Å². The number of rotatable bonds is 10. The van der Waals surface area contributed by atoms with Crippen LogP contribution < -0.4 is 15.4 Å². The first-order valence-corrected chi connectivity index (χ1v) is 17.8. The Labute approximate surface area is 309 Å². The number of hydrogen-bond donors (Lipinski definition) is 3. The first kappa shape index (κ1) is 36.9. The lowest BCUT2D eigenvalue weighted by molar-refractivity contribution is -0.145. The summed E-state index contributed by atoms with van der Waals surface area (Å²) in [6.07, 6.45) is -0.379. The summed E-state index contributed by atoms with van der Waals surface area (Å²) in [4.78, 5) is 52.6. The zero-order valence-corrected chi connectivity index (χ0v) is 30.6. The molecule has 0 spiro atoms. The van der Waals surface area contributed by atoms with Crippen LogP contribution in [0.2, 0.25) is 0 Å². The number of amides is 2. The van der Waals surface area contributed by atoms with E-state index in [1.807, 2.05) is 56.3 Å². The van der Waals surface area contributed by atoms with Crippen LogP contribution in [-0.2, 0) is 32.0 Å². The number of nitrogens with one attached hydrogen (secondary N) is 2. The molecule has 1 heterocycles. The molecule has 2 atom stereocenters. The minimum atomic E-state index is -1.12. The van der Waals surface area contributed by atoms with Gasteiger partial charge in [0.25, 0.3) is 0 Å². The van der Waals surface area contributed by atoms with Crippen LogP contribution in [0.5, 0.6) is 5.75 Å². The van der Waals surface area contributed by atoms with Gasteiger partial charge in [-0.3, -0.25) is 14.9 Å². The second-order valence-electron chi connectivity index (χ2n) is 14.6. The molecule has 0 unspecified atom stereocenters. The Kier molecular flexibility index (Phi) is 10.7. The summed E-state index contributed by atoms with van der Waals surface area (Å²) in [6.45, 7) is 8.89. The van der Waals surface area contributed by atoms with E-state index in [1.54, 1.807) is 39.0 Å². The van der Waals surface area contributed by atoms with Crippen LogP contribution in [0.3, 0.4) is 0 Å². The highest BCUT2D eigenvalue weighted by molar-refractivity contribution is 5.91. The molecule has 1 aliphatic heterocycles. The van der Waals surface area contributed by atoms with Crippen molar-refractivity contribution in [2.24, 2.45) is 5.92 Å². The maximum absolute atomic E-state index is 13.7. The number of nitrogens with zero attached hydrogens (tertiary/aromatic N) is 1. The van der Waals surface area contributed by atoms with Gasteiger partial charge in [-0.15, -0.1) is 0 Å². The van der Waals surface area contributed by atoms with Crippen molar-refractivity contribution in [3.63, 3.8) is 0 Å². The van der Waals surface area contributed by atoms with Gasteiger partial charge in [0.15, 0.2) is 0 Å². The molecule has 0 radical (unpaired) electrons. The molecule has 0 saturated heterocycles. The molecule has 2 aliphatic rings. The predicted octanol–water partition coefficient (Wildman–Crippen LogP) is 8.21. The van der Waals surface area contributed by atoms with Crippen molar-refractivity contribution in [2.75, 3.05) is 23.8 Å². The Balaban J connectivity index is 1.28. The molecule has 0 bridgehead atoms. The fourth-order valence-corrected chi connectivity index (χ4v) is 6.92. The summed E-state index contributed by atoms with van der Waals surface area (Å²) in [5, 5.41) is 16.1. The van der Waals surface area contributed by atoms with Gasteiger partial charge in [0.2, 0.25) is 5.91 Å². The number of carbonyl (C=O) groups excluding carboxylic acids is 3. The van der Waals surface area contributed by atoms with E-state index in [9.17, 15) is 24.3 Å². The lowest BCUT2D eigenvalue weighted by Crippen LogP contribution is -2.45. The summed E-state index contributed by atoms with van der Waals surface area (Å²) in [6, 6.07) is 26.1. The van der Waals surface area contributed by atoms with E-state index in [1.165, 1.54) is 4.90 Å². The molecule has 0 saturated carbocycles. The molecular formula is C42H45N3O8. The first-order chi connectivity index (χ1) is 25.3. The summed E-state index contributed by atoms with van der Waals surface area (Å²) in [5.74, 6) is -1.32. The number of ether oxygens (including phenoxy) is 3. The highest BCUT2D eigenvalue weighted by atomic mass is 16.7. The number of aliphatic carboxylic acids is 1. The van der Waals surface area contributed by atoms with Gasteiger partial charge in [0, 0.05) is 23.8 Å². The molecule has 4 aromatic rings. The Bertz CT molecular complexity index is 1970. The van der Waals surface area contributed by atoms with Crippen molar-refractivity contribution in [1.82, 2.24) is 4.90 Å². The maximum atomic E-state index is 13.7. The molecule has 0 aromatic heterocycles. The molecular weight excluding hydrogens is 674 g/mol.